The number of amides is 1. The Hall–Kier alpha value is -2.31. The van der Waals surface area contributed by atoms with E-state index in [1.165, 1.54) is 17.8 Å². The molecule has 0 bridgehead atoms. The number of aromatic nitrogens is 2. The predicted molar refractivity (Wildman–Crippen MR) is 178 cm³/mol. The van der Waals surface area contributed by atoms with Crippen LogP contribution in [0, 0.1) is 11.3 Å². The van der Waals surface area contributed by atoms with E-state index in [0.29, 0.717) is 57.2 Å². The summed E-state index contributed by atoms with van der Waals surface area (Å²) in [4.78, 5) is 14.3. The molecule has 2 fully saturated rings. The summed E-state index contributed by atoms with van der Waals surface area (Å²) in [5, 5.41) is 36.6. The minimum atomic E-state index is -4.42. The zero-order chi connectivity index (χ0) is 37.1. The van der Waals surface area contributed by atoms with E-state index < -0.39 is 70.5 Å². The molecular formula is C26H43N7O13S4. The first-order chi connectivity index (χ1) is 23.4. The maximum Gasteiger partial charge on any atom is 0.267 e. The first-order valence-corrected chi connectivity index (χ1v) is 21.3. The van der Waals surface area contributed by atoms with Crippen molar-refractivity contribution in [3.8, 4) is 6.07 Å². The van der Waals surface area contributed by atoms with E-state index in [1.807, 2.05) is 6.07 Å². The number of azo groups is 1. The van der Waals surface area contributed by atoms with Crippen molar-refractivity contribution in [1.29, 1.82) is 5.26 Å². The second-order valence-electron chi connectivity index (χ2n) is 12.3. The van der Waals surface area contributed by atoms with Gasteiger partial charge in [0, 0.05) is 25.0 Å². The molecule has 284 valence electrons. The molecule has 0 saturated heterocycles. The van der Waals surface area contributed by atoms with Crippen molar-refractivity contribution in [1.82, 2.24) is 20.0 Å². The molecule has 6 unspecified atom stereocenters. The molecule has 0 radical (unpaired) electrons. The van der Waals surface area contributed by atoms with E-state index in [-0.39, 0.29) is 55.4 Å². The molecule has 50 heavy (non-hydrogen) atoms. The van der Waals surface area contributed by atoms with Gasteiger partial charge in [0.05, 0.1) is 46.3 Å². The molecule has 1 aromatic heterocycles. The number of hydrogen-bond donors (Lipinski definition) is 5. The van der Waals surface area contributed by atoms with E-state index in [4.69, 9.17) is 14.4 Å². The van der Waals surface area contributed by atoms with Gasteiger partial charge in [-0.1, -0.05) is 5.04 Å². The molecule has 0 aromatic carbocycles. The normalized spacial score (nSPS) is 25.1. The zero-order valence-corrected chi connectivity index (χ0v) is 30.5. The van der Waals surface area contributed by atoms with Gasteiger partial charge in [-0.2, -0.15) is 40.7 Å². The predicted octanol–water partition coefficient (Wildman–Crippen LogP) is 2.32. The lowest BCUT2D eigenvalue weighted by molar-refractivity contribution is -0.432. The molecule has 5 N–H and O–H groups in total. The molecule has 6 atom stereocenters. The third kappa shape index (κ3) is 13.7. The fraction of sp³-hybridized carbons (Fsp3) is 0.808. The van der Waals surface area contributed by atoms with Crippen LogP contribution in [0.1, 0.15) is 82.7 Å². The molecule has 0 aliphatic heterocycles. The average Bonchev–Trinajstić information content (AvgIpc) is 3.43. The van der Waals surface area contributed by atoms with E-state index in [1.54, 1.807) is 0 Å². The molecule has 0 spiro atoms. The molecule has 2 aliphatic rings. The summed E-state index contributed by atoms with van der Waals surface area (Å²) in [6.07, 6.45) is 3.98. The van der Waals surface area contributed by atoms with Gasteiger partial charge in [-0.05, 0) is 77.3 Å². The second-order valence-corrected chi connectivity index (χ2v) is 18.1. The molecule has 1 heterocycles. The van der Waals surface area contributed by atoms with Gasteiger partial charge in [-0.3, -0.25) is 18.5 Å². The lowest BCUT2D eigenvalue weighted by atomic mass is 9.86. The number of unbranched alkanes of at least 4 members (excludes halogenated alkanes) is 2. The van der Waals surface area contributed by atoms with Gasteiger partial charge in [0.1, 0.15) is 11.6 Å². The van der Waals surface area contributed by atoms with Crippen LogP contribution in [0.2, 0.25) is 0 Å². The highest BCUT2D eigenvalue weighted by atomic mass is 32.2. The Bertz CT molecular complexity index is 1640. The first kappa shape index (κ1) is 42.1. The fourth-order valence-electron chi connectivity index (χ4n) is 6.39. The number of nitrogens with one attached hydrogen (secondary N) is 1. The topological polar surface area (TPSA) is 300 Å². The minimum absolute atomic E-state index is 0.00648. The highest BCUT2D eigenvalue weighted by molar-refractivity contribution is 7.95. The van der Waals surface area contributed by atoms with Gasteiger partial charge in [-0.15, -0.1) is 9.45 Å². The van der Waals surface area contributed by atoms with Crippen LogP contribution in [-0.4, -0.2) is 118 Å². The first-order valence-electron chi connectivity index (χ1n) is 15.8. The van der Waals surface area contributed by atoms with Crippen LogP contribution >= 0.6 is 12.0 Å². The fourth-order valence-corrected chi connectivity index (χ4v) is 9.12. The summed E-state index contributed by atoms with van der Waals surface area (Å²) in [7, 11) is -12.7. The second kappa shape index (κ2) is 19.0. The highest BCUT2D eigenvalue weighted by Crippen LogP contribution is 2.41. The van der Waals surface area contributed by atoms with E-state index in [0.717, 1.165) is 0 Å². The van der Waals surface area contributed by atoms with Crippen molar-refractivity contribution >= 4 is 54.1 Å². The largest absolute Gasteiger partial charge is 0.351 e. The van der Waals surface area contributed by atoms with E-state index >= 15 is 0 Å². The van der Waals surface area contributed by atoms with Crippen LogP contribution in [0.15, 0.2) is 16.4 Å². The molecule has 2 saturated carbocycles. The monoisotopic (exact) mass is 789 g/mol. The maximum absolute atomic E-state index is 12.2. The summed E-state index contributed by atoms with van der Waals surface area (Å²) in [6, 6.07) is -0.0468. The Morgan fingerprint density at radius 2 is 1.68 bits per heavy atom. The van der Waals surface area contributed by atoms with Gasteiger partial charge in [0.2, 0.25) is 5.91 Å². The van der Waals surface area contributed by atoms with E-state index in [2.05, 4.69) is 34.9 Å². The third-order valence-corrected chi connectivity index (χ3v) is 12.5. The molecular weight excluding hydrogens is 747 g/mol. The van der Waals surface area contributed by atoms with Gasteiger partial charge in [0.15, 0.2) is 5.82 Å². The number of carbonyl (C=O) groups is 1. The summed E-state index contributed by atoms with van der Waals surface area (Å²) in [6.45, 7) is 2.19. The number of nitriles is 1. The van der Waals surface area contributed by atoms with Crippen LogP contribution in [-0.2, 0) is 44.5 Å². The Kier molecular flexibility index (Phi) is 16.0. The van der Waals surface area contributed by atoms with Crippen molar-refractivity contribution < 1.29 is 58.3 Å². The van der Waals surface area contributed by atoms with Gasteiger partial charge >= 0.3 is 0 Å². The van der Waals surface area contributed by atoms with Crippen LogP contribution in [0.3, 0.4) is 0 Å². The summed E-state index contributed by atoms with van der Waals surface area (Å²) >= 11 is 0.710. The minimum Gasteiger partial charge on any atom is -0.351 e. The molecule has 1 amide bonds. The van der Waals surface area contributed by atoms with Gasteiger partial charge in [0.25, 0.3) is 30.4 Å². The summed E-state index contributed by atoms with van der Waals surface area (Å²) in [5.41, 5.74) is 0.0246. The third-order valence-electron chi connectivity index (χ3n) is 8.71. The molecule has 2 aliphatic carbocycles. The van der Waals surface area contributed by atoms with Crippen molar-refractivity contribution in [2.24, 2.45) is 10.2 Å². The van der Waals surface area contributed by atoms with Crippen LogP contribution in [0.25, 0.3) is 0 Å². The summed E-state index contributed by atoms with van der Waals surface area (Å²) in [5.74, 6) is -1.15. The van der Waals surface area contributed by atoms with Crippen LogP contribution in [0.4, 0.5) is 5.82 Å². The van der Waals surface area contributed by atoms with Crippen molar-refractivity contribution in [2.45, 2.75) is 106 Å². The standard InChI is InChI=1S/C26H43N7O13S4/c1-18(34)29-23-14-20(32(10-2-4-12-48(36,37)38)11-3-5-13-49(39,40)41)6-8-22(23)30-31-26-19(16-27)17-28-33(26)24-15-21(50(42,43)44)7-9-25(24)47-46-45-35/h17,20-25,35H,2-15H2,1H3,(H,29,34)(H,36,37,38)(H,39,40,41)(H,42,43,44). The Morgan fingerprint density at radius 1 is 1.04 bits per heavy atom. The van der Waals surface area contributed by atoms with E-state index in [9.17, 15) is 39.9 Å². The number of rotatable bonds is 19. The molecule has 20 nitrogen and oxygen atoms in total. The molecule has 1 aromatic rings. The number of nitrogens with zero attached hydrogens (tertiary/aromatic N) is 6. The zero-order valence-electron chi connectivity index (χ0n) is 27.2. The number of carbonyl (C=O) groups excluding carboxylic acids is 1. The van der Waals surface area contributed by atoms with Crippen molar-refractivity contribution in [3.05, 3.63) is 11.8 Å². The number of hydrogen-bond acceptors (Lipinski definition) is 16. The lowest BCUT2D eigenvalue weighted by Crippen LogP contribution is -2.51. The Balaban J connectivity index is 1.84. The smallest absolute Gasteiger partial charge is 0.267 e. The van der Waals surface area contributed by atoms with Crippen LogP contribution < -0.4 is 5.32 Å². The Morgan fingerprint density at radius 3 is 2.22 bits per heavy atom. The SMILES string of the molecule is CC(=O)NC1CC(N(CCCCS(=O)(=O)O)CCCCS(=O)(=O)O)CCC1N=Nc1c(C#N)cnn1C1CC(S(=O)(=O)O)CCC1SOOO. The van der Waals surface area contributed by atoms with Crippen molar-refractivity contribution in [2.75, 3.05) is 24.6 Å². The van der Waals surface area contributed by atoms with Crippen LogP contribution in [0.5, 0.6) is 0 Å². The quantitative estimate of drug-likeness (QED) is 0.0335. The van der Waals surface area contributed by atoms with Gasteiger partial charge < -0.3 is 10.2 Å². The lowest BCUT2D eigenvalue weighted by Gasteiger charge is -2.40. The average molecular weight is 790 g/mol. The molecule has 24 heteroatoms. The summed E-state index contributed by atoms with van der Waals surface area (Å²) < 4.78 is 103. The highest BCUT2D eigenvalue weighted by Gasteiger charge is 2.40. The molecule has 3 rings (SSSR count). The maximum atomic E-state index is 12.2. The van der Waals surface area contributed by atoms with Gasteiger partial charge in [-0.25, -0.2) is 9.94 Å². The van der Waals surface area contributed by atoms with Crippen molar-refractivity contribution in [3.63, 3.8) is 0 Å². The Labute approximate surface area is 295 Å².